The van der Waals surface area contributed by atoms with E-state index in [0.717, 1.165) is 5.69 Å². The van der Waals surface area contributed by atoms with Crippen LogP contribution in [0.25, 0.3) is 0 Å². The number of carbonyl (C=O) groups excluding carboxylic acids is 2. The van der Waals surface area contributed by atoms with Crippen molar-refractivity contribution in [3.05, 3.63) is 16.1 Å². The highest BCUT2D eigenvalue weighted by Crippen LogP contribution is 2.23. The van der Waals surface area contributed by atoms with Gasteiger partial charge in [-0.1, -0.05) is 0 Å². The number of ether oxygens (including phenoxy) is 1. The third-order valence-corrected chi connectivity index (χ3v) is 4.95. The maximum Gasteiger partial charge on any atom is 0.309 e. The van der Waals surface area contributed by atoms with Gasteiger partial charge in [0.15, 0.2) is 11.7 Å². The normalized spacial score (nSPS) is 17.4. The van der Waals surface area contributed by atoms with Gasteiger partial charge in [0.25, 0.3) is 0 Å². The molecule has 1 aliphatic heterocycles. The van der Waals surface area contributed by atoms with Crippen LogP contribution < -0.4 is 0 Å². The molecule has 2 heterocycles. The zero-order valence-corrected chi connectivity index (χ0v) is 14.3. The van der Waals surface area contributed by atoms with Gasteiger partial charge in [-0.15, -0.1) is 11.3 Å². The molecule has 1 aliphatic rings. The minimum absolute atomic E-state index is 0.0744. The van der Waals surface area contributed by atoms with Crippen molar-refractivity contribution < 1.29 is 14.3 Å². The van der Waals surface area contributed by atoms with Gasteiger partial charge in [0.2, 0.25) is 0 Å². The summed E-state index contributed by atoms with van der Waals surface area (Å²) in [4.78, 5) is 30.3. The summed E-state index contributed by atoms with van der Waals surface area (Å²) in [5.41, 5.74) is 0.827. The highest BCUT2D eigenvalue weighted by Gasteiger charge is 2.29. The van der Waals surface area contributed by atoms with Gasteiger partial charge in [0.05, 0.1) is 25.1 Å². The number of hydrogen-bond donors (Lipinski definition) is 0. The molecule has 1 aromatic heterocycles. The standard InChI is InChI=1S/C16H21N3O3S/c1-3-22-16(21)12-4-6-19(7-5-12)9-14(20)13(8-17)15-18-11(2)10-23-15/h10,12-13H,3-7,9H2,1-2H3. The van der Waals surface area contributed by atoms with Crippen molar-refractivity contribution in [2.75, 3.05) is 26.2 Å². The van der Waals surface area contributed by atoms with Crippen molar-refractivity contribution in [3.8, 4) is 6.07 Å². The van der Waals surface area contributed by atoms with E-state index in [1.807, 2.05) is 17.2 Å². The van der Waals surface area contributed by atoms with Gasteiger partial charge >= 0.3 is 5.97 Å². The molecule has 1 atom stereocenters. The highest BCUT2D eigenvalue weighted by molar-refractivity contribution is 7.09. The maximum atomic E-state index is 12.4. The number of Topliss-reactive ketones (excluding diaryl/α,β-unsaturated/α-hetero) is 1. The molecule has 1 unspecified atom stereocenters. The first kappa shape index (κ1) is 17.6. The molecule has 0 amide bonds. The Morgan fingerprint density at radius 2 is 2.22 bits per heavy atom. The third kappa shape index (κ3) is 4.60. The number of carbonyl (C=O) groups is 2. The van der Waals surface area contributed by atoms with Crippen LogP contribution in [0.2, 0.25) is 0 Å². The lowest BCUT2D eigenvalue weighted by molar-refractivity contribution is -0.149. The Bertz CT molecular complexity index is 600. The van der Waals surface area contributed by atoms with Crippen LogP contribution in [0.15, 0.2) is 5.38 Å². The van der Waals surface area contributed by atoms with Crippen molar-refractivity contribution in [2.24, 2.45) is 5.92 Å². The molecule has 124 valence electrons. The van der Waals surface area contributed by atoms with E-state index in [9.17, 15) is 14.9 Å². The predicted molar refractivity (Wildman–Crippen MR) is 86.0 cm³/mol. The van der Waals surface area contributed by atoms with Crippen LogP contribution in [0.5, 0.6) is 0 Å². The summed E-state index contributed by atoms with van der Waals surface area (Å²) in [7, 11) is 0. The van der Waals surface area contributed by atoms with E-state index in [1.165, 1.54) is 11.3 Å². The molecule has 0 N–H and O–H groups in total. The van der Waals surface area contributed by atoms with Crippen LogP contribution in [-0.4, -0.2) is 47.9 Å². The van der Waals surface area contributed by atoms with Gasteiger partial charge in [-0.3, -0.25) is 14.5 Å². The summed E-state index contributed by atoms with van der Waals surface area (Å²) in [5.74, 6) is -1.14. The van der Waals surface area contributed by atoms with Gasteiger partial charge < -0.3 is 4.74 Å². The number of aryl methyl sites for hydroxylation is 1. The Balaban J connectivity index is 1.87. The van der Waals surface area contributed by atoms with Crippen LogP contribution >= 0.6 is 11.3 Å². The van der Waals surface area contributed by atoms with Crippen LogP contribution in [0, 0.1) is 24.2 Å². The fraction of sp³-hybridized carbons (Fsp3) is 0.625. The molecule has 6 nitrogen and oxygen atoms in total. The van der Waals surface area contributed by atoms with Crippen molar-refractivity contribution in [3.63, 3.8) is 0 Å². The van der Waals surface area contributed by atoms with Crippen LogP contribution in [0.3, 0.4) is 0 Å². The summed E-state index contributed by atoms with van der Waals surface area (Å²) < 4.78 is 5.04. The average Bonchev–Trinajstić information content (AvgIpc) is 2.95. The van der Waals surface area contributed by atoms with E-state index in [-0.39, 0.29) is 24.2 Å². The molecule has 2 rings (SSSR count). The van der Waals surface area contributed by atoms with E-state index in [4.69, 9.17) is 4.74 Å². The summed E-state index contributed by atoms with van der Waals surface area (Å²) in [6, 6.07) is 2.06. The number of hydrogen-bond acceptors (Lipinski definition) is 7. The number of nitriles is 1. The zero-order valence-electron chi connectivity index (χ0n) is 13.4. The van der Waals surface area contributed by atoms with E-state index in [2.05, 4.69) is 11.1 Å². The number of ketones is 1. The quantitative estimate of drug-likeness (QED) is 0.738. The van der Waals surface area contributed by atoms with E-state index in [0.29, 0.717) is 37.5 Å². The number of esters is 1. The number of nitrogens with zero attached hydrogens (tertiary/aromatic N) is 3. The van der Waals surface area contributed by atoms with Gasteiger partial charge in [-0.05, 0) is 39.8 Å². The first-order valence-electron chi connectivity index (χ1n) is 7.78. The van der Waals surface area contributed by atoms with E-state index >= 15 is 0 Å². The van der Waals surface area contributed by atoms with E-state index in [1.54, 1.807) is 6.92 Å². The minimum Gasteiger partial charge on any atom is -0.466 e. The van der Waals surface area contributed by atoms with Crippen molar-refractivity contribution in [1.29, 1.82) is 5.26 Å². The Morgan fingerprint density at radius 3 is 2.74 bits per heavy atom. The summed E-state index contributed by atoms with van der Waals surface area (Å²) in [6.07, 6.45) is 1.39. The lowest BCUT2D eigenvalue weighted by Gasteiger charge is -2.30. The number of rotatable bonds is 6. The SMILES string of the molecule is CCOC(=O)C1CCN(CC(=O)C(C#N)c2nc(C)cs2)CC1. The first-order chi connectivity index (χ1) is 11.0. The van der Waals surface area contributed by atoms with E-state index < -0.39 is 5.92 Å². The monoisotopic (exact) mass is 335 g/mol. The largest absolute Gasteiger partial charge is 0.466 e. The molecule has 1 aromatic rings. The second-order valence-corrected chi connectivity index (χ2v) is 6.55. The van der Waals surface area contributed by atoms with Gasteiger partial charge in [0.1, 0.15) is 5.01 Å². The molecule has 1 saturated heterocycles. The highest BCUT2D eigenvalue weighted by atomic mass is 32.1. The number of thiazole rings is 1. The average molecular weight is 335 g/mol. The van der Waals surface area contributed by atoms with Crippen LogP contribution in [-0.2, 0) is 14.3 Å². The van der Waals surface area contributed by atoms with Gasteiger partial charge in [0, 0.05) is 11.1 Å². The molecule has 0 aliphatic carbocycles. The molecule has 23 heavy (non-hydrogen) atoms. The maximum absolute atomic E-state index is 12.4. The molecule has 0 bridgehead atoms. The molecule has 1 fully saturated rings. The topological polar surface area (TPSA) is 83.3 Å². The summed E-state index contributed by atoms with van der Waals surface area (Å²) in [5, 5.41) is 11.7. The Labute approximate surface area is 140 Å². The molecular formula is C16H21N3O3S. The molecule has 0 radical (unpaired) electrons. The van der Waals surface area contributed by atoms with Crippen molar-refractivity contribution >= 4 is 23.1 Å². The van der Waals surface area contributed by atoms with Gasteiger partial charge in [-0.2, -0.15) is 5.26 Å². The molecular weight excluding hydrogens is 314 g/mol. The molecule has 7 heteroatoms. The van der Waals surface area contributed by atoms with Crippen LogP contribution in [0.1, 0.15) is 36.4 Å². The second kappa shape index (κ2) is 8.18. The van der Waals surface area contributed by atoms with Crippen LogP contribution in [0.4, 0.5) is 0 Å². The number of aromatic nitrogens is 1. The lowest BCUT2D eigenvalue weighted by atomic mass is 9.96. The third-order valence-electron chi connectivity index (χ3n) is 3.92. The molecule has 0 aromatic carbocycles. The fourth-order valence-electron chi connectivity index (χ4n) is 2.67. The smallest absolute Gasteiger partial charge is 0.309 e. The molecule has 0 spiro atoms. The first-order valence-corrected chi connectivity index (χ1v) is 8.66. The Hall–Kier alpha value is -1.78. The van der Waals surface area contributed by atoms with Crippen molar-refractivity contribution in [1.82, 2.24) is 9.88 Å². The number of likely N-dealkylation sites (tertiary alicyclic amines) is 1. The zero-order chi connectivity index (χ0) is 16.8. The van der Waals surface area contributed by atoms with Gasteiger partial charge in [-0.25, -0.2) is 4.98 Å². The summed E-state index contributed by atoms with van der Waals surface area (Å²) in [6.45, 7) is 5.61. The van der Waals surface area contributed by atoms with Crippen molar-refractivity contribution in [2.45, 2.75) is 32.6 Å². The molecule has 0 saturated carbocycles. The number of piperidine rings is 1. The fourth-order valence-corrected chi connectivity index (χ4v) is 3.53. The second-order valence-electron chi connectivity index (χ2n) is 5.66. The Morgan fingerprint density at radius 1 is 1.52 bits per heavy atom. The lowest BCUT2D eigenvalue weighted by Crippen LogP contribution is -2.40. The predicted octanol–water partition coefficient (Wildman–Crippen LogP) is 1.90. The Kier molecular flexibility index (Phi) is 6.25. The summed E-state index contributed by atoms with van der Waals surface area (Å²) >= 11 is 1.35. The minimum atomic E-state index is -0.795.